The summed E-state index contributed by atoms with van der Waals surface area (Å²) in [6.07, 6.45) is 3.49. The van der Waals surface area contributed by atoms with E-state index >= 15 is 0 Å². The van der Waals surface area contributed by atoms with Gasteiger partial charge in [-0.25, -0.2) is 0 Å². The molecule has 3 aliphatic rings. The normalized spacial score (nSPS) is 23.1. The molecule has 2 aromatic rings. The van der Waals surface area contributed by atoms with Gasteiger partial charge in [0.2, 0.25) is 11.8 Å². The van der Waals surface area contributed by atoms with E-state index in [9.17, 15) is 14.4 Å². The van der Waals surface area contributed by atoms with Crippen LogP contribution in [-0.2, 0) is 9.59 Å². The van der Waals surface area contributed by atoms with E-state index in [4.69, 9.17) is 0 Å². The molecule has 2 saturated heterocycles. The third kappa shape index (κ3) is 4.85. The van der Waals surface area contributed by atoms with E-state index in [2.05, 4.69) is 59.2 Å². The van der Waals surface area contributed by atoms with Gasteiger partial charge in [-0.3, -0.25) is 14.4 Å². The number of nitrogens with zero attached hydrogens (tertiary/aromatic N) is 1. The molecule has 0 unspecified atom stereocenters. The first-order chi connectivity index (χ1) is 16.6. The summed E-state index contributed by atoms with van der Waals surface area (Å²) in [5.74, 6) is 0.983. The van der Waals surface area contributed by atoms with Crippen molar-refractivity contribution in [3.05, 3.63) is 71.8 Å². The Balaban J connectivity index is 1.11. The van der Waals surface area contributed by atoms with Crippen molar-refractivity contribution in [3.63, 3.8) is 0 Å². The zero-order valence-electron chi connectivity index (χ0n) is 19.2. The third-order valence-electron chi connectivity index (χ3n) is 7.68. The van der Waals surface area contributed by atoms with Gasteiger partial charge in [0.15, 0.2) is 0 Å². The monoisotopic (exact) mass is 477 g/mol. The molecule has 2 aromatic carbocycles. The molecule has 3 amide bonds. The van der Waals surface area contributed by atoms with Crippen LogP contribution in [-0.4, -0.2) is 53.4 Å². The largest absolute Gasteiger partial charge is 0.356 e. The minimum absolute atomic E-state index is 0.0164. The van der Waals surface area contributed by atoms with E-state index in [1.54, 1.807) is 0 Å². The van der Waals surface area contributed by atoms with Crippen molar-refractivity contribution < 1.29 is 14.4 Å². The molecule has 6 nitrogen and oxygen atoms in total. The van der Waals surface area contributed by atoms with Crippen molar-refractivity contribution in [1.29, 1.82) is 0 Å². The van der Waals surface area contributed by atoms with Crippen molar-refractivity contribution in [2.75, 3.05) is 25.4 Å². The Bertz CT molecular complexity index is 998. The Hall–Kier alpha value is -2.80. The van der Waals surface area contributed by atoms with Gasteiger partial charge in [0.25, 0.3) is 5.24 Å². The summed E-state index contributed by atoms with van der Waals surface area (Å²) < 4.78 is 0. The molecule has 7 heteroatoms. The van der Waals surface area contributed by atoms with Crippen LogP contribution in [0.1, 0.15) is 42.7 Å². The molecule has 5 rings (SSSR count). The number of hydrogen-bond acceptors (Lipinski definition) is 4. The summed E-state index contributed by atoms with van der Waals surface area (Å²) in [5, 5.41) is 5.82. The van der Waals surface area contributed by atoms with Crippen LogP contribution in [0.2, 0.25) is 0 Å². The molecular weight excluding hydrogens is 446 g/mol. The van der Waals surface area contributed by atoms with Crippen LogP contribution in [0.15, 0.2) is 60.7 Å². The van der Waals surface area contributed by atoms with Gasteiger partial charge in [0.05, 0.1) is 0 Å². The predicted octanol–water partition coefficient (Wildman–Crippen LogP) is 3.78. The zero-order valence-corrected chi connectivity index (χ0v) is 20.1. The first kappa shape index (κ1) is 23.0. The van der Waals surface area contributed by atoms with Gasteiger partial charge >= 0.3 is 0 Å². The van der Waals surface area contributed by atoms with Crippen LogP contribution < -0.4 is 10.6 Å². The Morgan fingerprint density at radius 1 is 1.03 bits per heavy atom. The smallest absolute Gasteiger partial charge is 0.279 e. The van der Waals surface area contributed by atoms with Gasteiger partial charge in [0.1, 0.15) is 6.04 Å². The lowest BCUT2D eigenvalue weighted by molar-refractivity contribution is -0.134. The molecule has 0 aromatic heterocycles. The maximum atomic E-state index is 13.0. The second-order valence-electron chi connectivity index (χ2n) is 9.69. The number of thioether (sulfide) groups is 1. The average Bonchev–Trinajstić information content (AvgIpc) is 3.40. The Morgan fingerprint density at radius 3 is 2.21 bits per heavy atom. The number of amides is 3. The second kappa shape index (κ2) is 9.82. The van der Waals surface area contributed by atoms with Crippen molar-refractivity contribution in [2.45, 2.75) is 37.6 Å². The minimum Gasteiger partial charge on any atom is -0.356 e. The molecule has 1 saturated carbocycles. The highest BCUT2D eigenvalue weighted by molar-refractivity contribution is 8.14. The van der Waals surface area contributed by atoms with Crippen molar-refractivity contribution >= 4 is 28.8 Å². The highest BCUT2D eigenvalue weighted by Gasteiger charge is 2.58. The van der Waals surface area contributed by atoms with Gasteiger partial charge in [-0.15, -0.1) is 0 Å². The highest BCUT2D eigenvalue weighted by Crippen LogP contribution is 2.59. The number of benzene rings is 2. The van der Waals surface area contributed by atoms with E-state index in [0.717, 1.165) is 25.7 Å². The number of rotatable bonds is 7. The lowest BCUT2D eigenvalue weighted by atomic mass is 9.88. The van der Waals surface area contributed by atoms with Crippen molar-refractivity contribution in [3.8, 4) is 0 Å². The number of likely N-dealkylation sites (tertiary alicyclic amines) is 1. The van der Waals surface area contributed by atoms with Gasteiger partial charge in [-0.2, -0.15) is 0 Å². The average molecular weight is 478 g/mol. The molecule has 34 heavy (non-hydrogen) atoms. The van der Waals surface area contributed by atoms with Crippen LogP contribution in [0.5, 0.6) is 0 Å². The number of piperidine rings is 1. The second-order valence-corrected chi connectivity index (χ2v) is 10.7. The molecule has 178 valence electrons. The molecule has 2 aliphatic heterocycles. The number of nitrogens with one attached hydrogen (secondary N) is 2. The number of carbonyl (C=O) groups excluding carboxylic acids is 3. The van der Waals surface area contributed by atoms with E-state index in [1.165, 1.54) is 22.9 Å². The number of hydrogen-bond donors (Lipinski definition) is 2. The maximum Gasteiger partial charge on any atom is 0.279 e. The molecule has 2 atom stereocenters. The van der Waals surface area contributed by atoms with Gasteiger partial charge < -0.3 is 15.5 Å². The molecule has 2 N–H and O–H groups in total. The van der Waals surface area contributed by atoms with Crippen LogP contribution in [0, 0.1) is 11.3 Å². The van der Waals surface area contributed by atoms with Crippen molar-refractivity contribution in [1.82, 2.24) is 15.5 Å². The van der Waals surface area contributed by atoms with Gasteiger partial charge in [-0.05, 0) is 42.2 Å². The lowest BCUT2D eigenvalue weighted by Crippen LogP contribution is -2.49. The Kier molecular flexibility index (Phi) is 6.63. The summed E-state index contributed by atoms with van der Waals surface area (Å²) in [6, 6.07) is 20.5. The van der Waals surface area contributed by atoms with E-state index in [-0.39, 0.29) is 34.3 Å². The predicted molar refractivity (Wildman–Crippen MR) is 133 cm³/mol. The molecule has 3 fully saturated rings. The summed E-state index contributed by atoms with van der Waals surface area (Å²) in [5.41, 5.74) is 2.58. The minimum atomic E-state index is -0.396. The molecule has 0 bridgehead atoms. The molecule has 2 heterocycles. The van der Waals surface area contributed by atoms with Crippen LogP contribution in [0.25, 0.3) is 0 Å². The molecule has 0 radical (unpaired) electrons. The standard InChI is InChI=1S/C27H31N3O3S/c31-24(28-14-11-21(19-7-3-1-4-8-19)20-9-5-2-6-10-20)22-17-27(22)12-15-30(16-13-27)25(32)23-18-34-26(33)29-23/h1-10,21-23H,11-18H2,(H,28,31)(H,29,33)/t22-,23-/m0/s1. The summed E-state index contributed by atoms with van der Waals surface area (Å²) >= 11 is 1.17. The Morgan fingerprint density at radius 2 is 1.65 bits per heavy atom. The van der Waals surface area contributed by atoms with E-state index in [1.807, 2.05) is 17.0 Å². The summed E-state index contributed by atoms with van der Waals surface area (Å²) in [4.78, 5) is 38.9. The zero-order chi connectivity index (χ0) is 23.5. The summed E-state index contributed by atoms with van der Waals surface area (Å²) in [7, 11) is 0. The molecule has 1 aliphatic carbocycles. The first-order valence-corrected chi connectivity index (χ1v) is 13.1. The van der Waals surface area contributed by atoms with Gasteiger partial charge in [0, 0.05) is 37.2 Å². The first-order valence-electron chi connectivity index (χ1n) is 12.2. The fourth-order valence-corrected chi connectivity index (χ4v) is 6.31. The highest BCUT2D eigenvalue weighted by atomic mass is 32.2. The van der Waals surface area contributed by atoms with Crippen molar-refractivity contribution in [2.24, 2.45) is 11.3 Å². The molecule has 1 spiro atoms. The van der Waals surface area contributed by atoms with E-state index < -0.39 is 6.04 Å². The topological polar surface area (TPSA) is 78.5 Å². The fraction of sp³-hybridized carbons (Fsp3) is 0.444. The van der Waals surface area contributed by atoms with Crippen LogP contribution in [0.4, 0.5) is 4.79 Å². The lowest BCUT2D eigenvalue weighted by Gasteiger charge is -2.34. The SMILES string of the molecule is O=C1N[C@H](C(=O)N2CCC3(CC2)C[C@H]3C(=O)NCCC(c2ccccc2)c2ccccc2)CS1. The van der Waals surface area contributed by atoms with Gasteiger partial charge in [-0.1, -0.05) is 72.4 Å². The maximum absolute atomic E-state index is 13.0. The third-order valence-corrected chi connectivity index (χ3v) is 8.56. The Labute approximate surface area is 204 Å². The molecular formula is C27H31N3O3S. The fourth-order valence-electron chi connectivity index (χ4n) is 5.54. The summed E-state index contributed by atoms with van der Waals surface area (Å²) in [6.45, 7) is 1.98. The number of carbonyl (C=O) groups is 3. The quantitative estimate of drug-likeness (QED) is 0.636. The van der Waals surface area contributed by atoms with Crippen LogP contribution in [0.3, 0.4) is 0 Å². The van der Waals surface area contributed by atoms with Crippen LogP contribution >= 0.6 is 11.8 Å². The van der Waals surface area contributed by atoms with E-state index in [0.29, 0.717) is 25.4 Å².